The van der Waals surface area contributed by atoms with Crippen LogP contribution >= 0.6 is 0 Å². The molecule has 0 spiro atoms. The highest BCUT2D eigenvalue weighted by atomic mass is 16.3. The van der Waals surface area contributed by atoms with Gasteiger partial charge in [0.25, 0.3) is 0 Å². The Morgan fingerprint density at radius 3 is 2.00 bits per heavy atom. The SMILES string of the molecule is CC1C=Cc2c(oc3ccc4ccc(-c5ccc(N(c6ccc(-c7cccc8c7oc7ccccc78)cc6)c6ccccc6-c6ccccc6)cc5)cc4c23)C1. The molecule has 10 aromatic rings. The zero-order valence-corrected chi connectivity index (χ0v) is 30.9. The van der Waals surface area contributed by atoms with Crippen molar-refractivity contribution >= 4 is 66.8 Å². The van der Waals surface area contributed by atoms with Crippen molar-refractivity contribution < 1.29 is 8.83 Å². The first-order valence-corrected chi connectivity index (χ1v) is 19.4. The minimum absolute atomic E-state index is 0.484. The first-order chi connectivity index (χ1) is 27.7. The van der Waals surface area contributed by atoms with Crippen molar-refractivity contribution in [2.45, 2.75) is 13.3 Å². The van der Waals surface area contributed by atoms with E-state index in [-0.39, 0.29) is 0 Å². The van der Waals surface area contributed by atoms with Gasteiger partial charge in [-0.15, -0.1) is 0 Å². The molecule has 1 atom stereocenters. The van der Waals surface area contributed by atoms with E-state index in [1.54, 1.807) is 0 Å². The summed E-state index contributed by atoms with van der Waals surface area (Å²) >= 11 is 0. The summed E-state index contributed by atoms with van der Waals surface area (Å²) in [6.45, 7) is 2.24. The van der Waals surface area contributed by atoms with Crippen LogP contribution in [0.5, 0.6) is 0 Å². The van der Waals surface area contributed by atoms with Gasteiger partial charge >= 0.3 is 0 Å². The molecule has 0 saturated carbocycles. The number of anilines is 3. The largest absolute Gasteiger partial charge is 0.460 e. The predicted octanol–water partition coefficient (Wildman–Crippen LogP) is 15.2. The van der Waals surface area contributed by atoms with Gasteiger partial charge in [-0.1, -0.05) is 146 Å². The van der Waals surface area contributed by atoms with E-state index >= 15 is 0 Å². The molecule has 2 aromatic heterocycles. The molecule has 0 aliphatic heterocycles. The lowest BCUT2D eigenvalue weighted by molar-refractivity contribution is 0.513. The topological polar surface area (TPSA) is 29.5 Å². The predicted molar refractivity (Wildman–Crippen MR) is 234 cm³/mol. The summed E-state index contributed by atoms with van der Waals surface area (Å²) in [7, 11) is 0. The monoisotopic (exact) mass is 719 g/mol. The molecule has 3 nitrogen and oxygen atoms in total. The standard InChI is InChI=1S/C53H37NO2/c1-34-18-30-46-51(32-34)55-50-31-25-38-19-20-39(33-47(38)52(46)50)35-21-26-40(27-22-35)54(48-16-7-5-12-42(48)36-10-3-2-4-11-36)41-28-23-37(24-29-41)43-14-9-15-45-44-13-6-8-17-49(44)56-53(43)45/h2-31,33-34H,32H2,1H3. The normalized spacial score (nSPS) is 13.8. The molecule has 0 saturated heterocycles. The highest BCUT2D eigenvalue weighted by molar-refractivity contribution is 6.12. The molecular formula is C53H37NO2. The fourth-order valence-corrected chi connectivity index (χ4v) is 8.64. The number of rotatable bonds is 6. The zero-order valence-electron chi connectivity index (χ0n) is 30.9. The summed E-state index contributed by atoms with van der Waals surface area (Å²) in [5, 5.41) is 5.93. The van der Waals surface area contributed by atoms with E-state index in [9.17, 15) is 0 Å². The molecular weight excluding hydrogens is 683 g/mol. The third kappa shape index (κ3) is 5.35. The molecule has 2 heterocycles. The number of furan rings is 2. The quantitative estimate of drug-likeness (QED) is 0.171. The van der Waals surface area contributed by atoms with Gasteiger partial charge in [-0.25, -0.2) is 0 Å². The summed E-state index contributed by atoms with van der Waals surface area (Å²) < 4.78 is 12.8. The lowest BCUT2D eigenvalue weighted by Gasteiger charge is -2.28. The average Bonchev–Trinajstić information content (AvgIpc) is 3.83. The fourth-order valence-electron chi connectivity index (χ4n) is 8.64. The van der Waals surface area contributed by atoms with Crippen molar-refractivity contribution in [3.05, 3.63) is 193 Å². The maximum absolute atomic E-state index is 6.42. The summed E-state index contributed by atoms with van der Waals surface area (Å²) in [4.78, 5) is 2.37. The highest BCUT2D eigenvalue weighted by Gasteiger charge is 2.21. The summed E-state index contributed by atoms with van der Waals surface area (Å²) in [6, 6.07) is 63.0. The Hall–Kier alpha value is -7.10. The van der Waals surface area contributed by atoms with Crippen LogP contribution in [0.2, 0.25) is 0 Å². The van der Waals surface area contributed by atoms with E-state index in [0.29, 0.717) is 5.92 Å². The van der Waals surface area contributed by atoms with E-state index in [1.807, 2.05) is 12.1 Å². The van der Waals surface area contributed by atoms with Gasteiger partial charge in [-0.2, -0.15) is 0 Å². The van der Waals surface area contributed by atoms with E-state index < -0.39 is 0 Å². The Labute approximate surface area is 325 Å². The number of hydrogen-bond acceptors (Lipinski definition) is 3. The molecule has 0 bridgehead atoms. The van der Waals surface area contributed by atoms with Gasteiger partial charge in [0.2, 0.25) is 0 Å². The van der Waals surface area contributed by atoms with Crippen molar-refractivity contribution in [2.75, 3.05) is 4.90 Å². The van der Waals surface area contributed by atoms with Crippen molar-refractivity contribution in [3.8, 4) is 33.4 Å². The van der Waals surface area contributed by atoms with Crippen LogP contribution in [-0.2, 0) is 6.42 Å². The Balaban J connectivity index is 1.01. The molecule has 0 amide bonds. The Morgan fingerprint density at radius 1 is 0.500 bits per heavy atom. The zero-order chi connectivity index (χ0) is 37.2. The molecule has 0 radical (unpaired) electrons. The second-order valence-corrected chi connectivity index (χ2v) is 14.9. The Bertz CT molecular complexity index is 3110. The number of fused-ring (bicyclic) bond motifs is 8. The van der Waals surface area contributed by atoms with E-state index in [2.05, 4.69) is 188 Å². The molecule has 3 heteroatoms. The van der Waals surface area contributed by atoms with Gasteiger partial charge in [-0.3, -0.25) is 0 Å². The number of para-hydroxylation sites is 3. The maximum atomic E-state index is 6.42. The summed E-state index contributed by atoms with van der Waals surface area (Å²) in [5.74, 6) is 1.57. The second kappa shape index (κ2) is 13.0. The molecule has 8 aromatic carbocycles. The fraction of sp³-hybridized carbons (Fsp3) is 0.0566. The molecule has 266 valence electrons. The number of nitrogens with zero attached hydrogens (tertiary/aromatic N) is 1. The second-order valence-electron chi connectivity index (χ2n) is 14.9. The Morgan fingerprint density at radius 2 is 1.16 bits per heavy atom. The lowest BCUT2D eigenvalue weighted by atomic mass is 9.92. The molecule has 1 aliphatic rings. The highest BCUT2D eigenvalue weighted by Crippen LogP contribution is 2.44. The van der Waals surface area contributed by atoms with Crippen molar-refractivity contribution in [1.29, 1.82) is 0 Å². The third-order valence-electron chi connectivity index (χ3n) is 11.4. The van der Waals surface area contributed by atoms with Gasteiger partial charge in [0.15, 0.2) is 0 Å². The van der Waals surface area contributed by atoms with Crippen LogP contribution in [0.1, 0.15) is 18.2 Å². The summed E-state index contributed by atoms with van der Waals surface area (Å²) in [6.07, 6.45) is 5.49. The van der Waals surface area contributed by atoms with Crippen LogP contribution in [0, 0.1) is 5.92 Å². The van der Waals surface area contributed by atoms with Crippen LogP contribution in [0.15, 0.2) is 191 Å². The molecule has 56 heavy (non-hydrogen) atoms. The maximum Gasteiger partial charge on any atom is 0.143 e. The third-order valence-corrected chi connectivity index (χ3v) is 11.4. The van der Waals surface area contributed by atoms with E-state index in [1.165, 1.54) is 44.0 Å². The van der Waals surface area contributed by atoms with Gasteiger partial charge in [0, 0.05) is 50.6 Å². The van der Waals surface area contributed by atoms with Crippen LogP contribution in [0.3, 0.4) is 0 Å². The van der Waals surface area contributed by atoms with Crippen molar-refractivity contribution in [1.82, 2.24) is 0 Å². The molecule has 1 aliphatic carbocycles. The van der Waals surface area contributed by atoms with Crippen LogP contribution in [0.4, 0.5) is 17.1 Å². The van der Waals surface area contributed by atoms with Crippen molar-refractivity contribution in [2.24, 2.45) is 5.92 Å². The first kappa shape index (κ1) is 32.3. The van der Waals surface area contributed by atoms with E-state index in [4.69, 9.17) is 8.83 Å². The minimum Gasteiger partial charge on any atom is -0.460 e. The first-order valence-electron chi connectivity index (χ1n) is 19.4. The van der Waals surface area contributed by atoms with Gasteiger partial charge < -0.3 is 13.7 Å². The van der Waals surface area contributed by atoms with Gasteiger partial charge in [-0.05, 0) is 87.5 Å². The molecule has 11 rings (SSSR count). The number of hydrogen-bond donors (Lipinski definition) is 0. The molecule has 1 unspecified atom stereocenters. The minimum atomic E-state index is 0.484. The van der Waals surface area contributed by atoms with Crippen LogP contribution in [0.25, 0.3) is 83.1 Å². The smallest absolute Gasteiger partial charge is 0.143 e. The molecule has 0 N–H and O–H groups in total. The number of benzene rings is 8. The number of allylic oxidation sites excluding steroid dienone is 1. The van der Waals surface area contributed by atoms with E-state index in [0.717, 1.165) is 67.9 Å². The van der Waals surface area contributed by atoms with Crippen molar-refractivity contribution in [3.63, 3.8) is 0 Å². The average molecular weight is 720 g/mol. The Kier molecular flexibility index (Phi) is 7.53. The van der Waals surface area contributed by atoms with Crippen LogP contribution < -0.4 is 4.90 Å². The summed E-state index contributed by atoms with van der Waals surface area (Å²) in [5.41, 5.74) is 14.1. The van der Waals surface area contributed by atoms with Gasteiger partial charge in [0.1, 0.15) is 22.5 Å². The van der Waals surface area contributed by atoms with Gasteiger partial charge in [0.05, 0.1) is 5.69 Å². The van der Waals surface area contributed by atoms with Crippen LogP contribution in [-0.4, -0.2) is 0 Å². The lowest BCUT2D eigenvalue weighted by Crippen LogP contribution is -2.11. The molecule has 0 fully saturated rings.